The van der Waals surface area contributed by atoms with E-state index in [1.807, 2.05) is 6.92 Å². The Balaban J connectivity index is 2.16. The van der Waals surface area contributed by atoms with E-state index in [0.717, 1.165) is 6.42 Å². The molecular formula is C10H14N4O4. The highest BCUT2D eigenvalue weighted by atomic mass is 16.6. The Morgan fingerprint density at radius 1 is 1.67 bits per heavy atom. The van der Waals surface area contributed by atoms with Crippen molar-refractivity contribution >= 4 is 12.1 Å². The second-order valence-corrected chi connectivity index (χ2v) is 4.03. The number of nitrogens with one attached hydrogen (secondary N) is 1. The summed E-state index contributed by atoms with van der Waals surface area (Å²) in [5, 5.41) is 19.0. The average molecular weight is 254 g/mol. The van der Waals surface area contributed by atoms with Crippen LogP contribution in [0.3, 0.4) is 0 Å². The molecule has 1 amide bonds. The summed E-state index contributed by atoms with van der Waals surface area (Å²) in [5.74, 6) is -1.09. The van der Waals surface area contributed by atoms with Crippen molar-refractivity contribution in [2.45, 2.75) is 32.4 Å². The van der Waals surface area contributed by atoms with Crippen LogP contribution >= 0.6 is 0 Å². The topological polar surface area (TPSA) is 106 Å². The maximum Gasteiger partial charge on any atom is 0.407 e. The number of carbonyl (C=O) groups excluding carboxylic acids is 1. The van der Waals surface area contributed by atoms with Gasteiger partial charge < -0.3 is 15.2 Å². The quantitative estimate of drug-likeness (QED) is 0.768. The Labute approximate surface area is 103 Å². The lowest BCUT2D eigenvalue weighted by atomic mass is 10.2. The Bertz CT molecular complexity index is 470. The number of aromatic carboxylic acids is 1. The molecule has 1 aromatic rings. The standard InChI is InChI=1S/C10H14N4O4/c1-2-3-7-8(9(15)16)12-13-14(7)5-6-4-11-10(17)18-6/h6H,2-5H2,1H3,(H,11,17)(H,15,16). The fraction of sp³-hybridized carbons (Fsp3) is 0.600. The minimum Gasteiger partial charge on any atom is -0.476 e. The second-order valence-electron chi connectivity index (χ2n) is 4.03. The predicted molar refractivity (Wildman–Crippen MR) is 59.2 cm³/mol. The summed E-state index contributed by atoms with van der Waals surface area (Å²) >= 11 is 0. The van der Waals surface area contributed by atoms with Gasteiger partial charge in [0, 0.05) is 0 Å². The molecule has 2 heterocycles. The van der Waals surface area contributed by atoms with Crippen molar-refractivity contribution in [3.8, 4) is 0 Å². The summed E-state index contributed by atoms with van der Waals surface area (Å²) in [4.78, 5) is 21.9. The van der Waals surface area contributed by atoms with Crippen molar-refractivity contribution in [3.05, 3.63) is 11.4 Å². The van der Waals surface area contributed by atoms with Crippen molar-refractivity contribution in [2.24, 2.45) is 0 Å². The molecule has 0 aromatic carbocycles. The monoisotopic (exact) mass is 254 g/mol. The number of aromatic nitrogens is 3. The number of hydrogen-bond acceptors (Lipinski definition) is 5. The summed E-state index contributed by atoms with van der Waals surface area (Å²) < 4.78 is 6.48. The molecule has 1 fully saturated rings. The maximum absolute atomic E-state index is 11.0. The summed E-state index contributed by atoms with van der Waals surface area (Å²) in [7, 11) is 0. The Morgan fingerprint density at radius 2 is 2.44 bits per heavy atom. The zero-order chi connectivity index (χ0) is 13.1. The minimum absolute atomic E-state index is 0.0332. The van der Waals surface area contributed by atoms with E-state index < -0.39 is 12.1 Å². The van der Waals surface area contributed by atoms with Gasteiger partial charge in [-0.1, -0.05) is 18.6 Å². The van der Waals surface area contributed by atoms with Crippen LogP contribution in [0.2, 0.25) is 0 Å². The number of rotatable bonds is 5. The van der Waals surface area contributed by atoms with Crippen LogP contribution in [-0.4, -0.2) is 44.8 Å². The van der Waals surface area contributed by atoms with E-state index in [1.165, 1.54) is 4.68 Å². The number of carbonyl (C=O) groups is 2. The molecular weight excluding hydrogens is 240 g/mol. The molecule has 8 heteroatoms. The number of nitrogens with zero attached hydrogens (tertiary/aromatic N) is 3. The van der Waals surface area contributed by atoms with E-state index in [2.05, 4.69) is 15.6 Å². The molecule has 0 radical (unpaired) electrons. The van der Waals surface area contributed by atoms with Crippen LogP contribution in [-0.2, 0) is 17.7 Å². The third kappa shape index (κ3) is 2.41. The summed E-state index contributed by atoms with van der Waals surface area (Å²) in [5.41, 5.74) is 0.530. The maximum atomic E-state index is 11.0. The minimum atomic E-state index is -1.09. The lowest BCUT2D eigenvalue weighted by Crippen LogP contribution is -2.23. The van der Waals surface area contributed by atoms with Gasteiger partial charge in [-0.05, 0) is 6.42 Å². The van der Waals surface area contributed by atoms with E-state index in [9.17, 15) is 9.59 Å². The molecule has 1 aliphatic heterocycles. The zero-order valence-corrected chi connectivity index (χ0v) is 9.92. The van der Waals surface area contributed by atoms with Crippen molar-refractivity contribution in [1.82, 2.24) is 20.3 Å². The lowest BCUT2D eigenvalue weighted by Gasteiger charge is -2.10. The van der Waals surface area contributed by atoms with Crippen LogP contribution in [0.5, 0.6) is 0 Å². The first-order chi connectivity index (χ1) is 8.61. The Kier molecular flexibility index (Phi) is 3.45. The average Bonchev–Trinajstić information content (AvgIpc) is 2.88. The number of carboxylic acid groups (broad SMARTS) is 1. The van der Waals surface area contributed by atoms with Gasteiger partial charge in [0.15, 0.2) is 5.69 Å². The van der Waals surface area contributed by atoms with Gasteiger partial charge in [0.05, 0.1) is 18.8 Å². The molecule has 1 saturated heterocycles. The first-order valence-corrected chi connectivity index (χ1v) is 5.72. The first-order valence-electron chi connectivity index (χ1n) is 5.72. The van der Waals surface area contributed by atoms with Crippen LogP contribution in [0.4, 0.5) is 4.79 Å². The molecule has 1 aliphatic rings. The largest absolute Gasteiger partial charge is 0.476 e. The third-order valence-electron chi connectivity index (χ3n) is 2.65. The molecule has 1 atom stereocenters. The molecule has 0 spiro atoms. The molecule has 18 heavy (non-hydrogen) atoms. The number of amides is 1. The summed E-state index contributed by atoms with van der Waals surface area (Å²) in [6.45, 7) is 2.65. The van der Waals surface area contributed by atoms with Crippen molar-refractivity contribution < 1.29 is 19.4 Å². The smallest absolute Gasteiger partial charge is 0.407 e. The highest BCUT2D eigenvalue weighted by Gasteiger charge is 2.26. The SMILES string of the molecule is CCCc1c(C(=O)O)nnn1CC1CNC(=O)O1. The molecule has 1 unspecified atom stereocenters. The third-order valence-corrected chi connectivity index (χ3v) is 2.65. The molecule has 0 bridgehead atoms. The summed E-state index contributed by atoms with van der Waals surface area (Å²) in [6, 6.07) is 0. The molecule has 0 saturated carbocycles. The van der Waals surface area contributed by atoms with E-state index >= 15 is 0 Å². The van der Waals surface area contributed by atoms with Crippen LogP contribution in [0.25, 0.3) is 0 Å². The Morgan fingerprint density at radius 3 is 3.00 bits per heavy atom. The van der Waals surface area contributed by atoms with Crippen LogP contribution < -0.4 is 5.32 Å². The van der Waals surface area contributed by atoms with Crippen LogP contribution in [0.15, 0.2) is 0 Å². The van der Waals surface area contributed by atoms with Crippen LogP contribution in [0, 0.1) is 0 Å². The van der Waals surface area contributed by atoms with Gasteiger partial charge in [0.1, 0.15) is 6.10 Å². The van der Waals surface area contributed by atoms with Crippen molar-refractivity contribution in [3.63, 3.8) is 0 Å². The number of alkyl carbamates (subject to hydrolysis) is 1. The molecule has 98 valence electrons. The number of ether oxygens (including phenoxy) is 1. The van der Waals surface area contributed by atoms with Gasteiger partial charge >= 0.3 is 12.1 Å². The van der Waals surface area contributed by atoms with E-state index in [1.54, 1.807) is 0 Å². The van der Waals surface area contributed by atoms with Gasteiger partial charge in [0.25, 0.3) is 0 Å². The van der Waals surface area contributed by atoms with Crippen molar-refractivity contribution in [2.75, 3.05) is 6.54 Å². The summed E-state index contributed by atoms with van der Waals surface area (Å²) in [6.07, 6.45) is 0.561. The normalized spacial score (nSPS) is 18.5. The molecule has 2 N–H and O–H groups in total. The van der Waals surface area contributed by atoms with Crippen molar-refractivity contribution in [1.29, 1.82) is 0 Å². The van der Waals surface area contributed by atoms with E-state index in [0.29, 0.717) is 25.2 Å². The van der Waals surface area contributed by atoms with Gasteiger partial charge in [-0.3, -0.25) is 0 Å². The highest BCUT2D eigenvalue weighted by molar-refractivity contribution is 5.86. The molecule has 2 rings (SSSR count). The Hall–Kier alpha value is -2.12. The zero-order valence-electron chi connectivity index (χ0n) is 9.92. The first kappa shape index (κ1) is 12.3. The van der Waals surface area contributed by atoms with Gasteiger partial charge in [-0.15, -0.1) is 5.10 Å². The van der Waals surface area contributed by atoms with Crippen LogP contribution in [0.1, 0.15) is 29.5 Å². The number of carboxylic acids is 1. The molecule has 8 nitrogen and oxygen atoms in total. The molecule has 1 aromatic heterocycles. The lowest BCUT2D eigenvalue weighted by molar-refractivity contribution is 0.0688. The number of hydrogen-bond donors (Lipinski definition) is 2. The van der Waals surface area contributed by atoms with E-state index in [4.69, 9.17) is 9.84 Å². The fourth-order valence-electron chi connectivity index (χ4n) is 1.86. The second kappa shape index (κ2) is 5.03. The molecule has 0 aliphatic carbocycles. The predicted octanol–water partition coefficient (Wildman–Crippen LogP) is 0.0372. The van der Waals surface area contributed by atoms with Gasteiger partial charge in [-0.2, -0.15) is 0 Å². The van der Waals surface area contributed by atoms with Gasteiger partial charge in [0.2, 0.25) is 0 Å². The van der Waals surface area contributed by atoms with Gasteiger partial charge in [-0.25, -0.2) is 14.3 Å². The highest BCUT2D eigenvalue weighted by Crippen LogP contribution is 2.11. The fourth-order valence-corrected chi connectivity index (χ4v) is 1.86. The van der Waals surface area contributed by atoms with E-state index in [-0.39, 0.29) is 11.8 Å². The number of cyclic esters (lactones) is 1.